The molecule has 0 spiro atoms. The number of nitrogens with two attached hydrogens (primary N) is 1. The monoisotopic (exact) mass is 258 g/mol. The summed E-state index contributed by atoms with van der Waals surface area (Å²) in [6.07, 6.45) is 2.02. The predicted molar refractivity (Wildman–Crippen MR) is 77.8 cm³/mol. The fraction of sp³-hybridized carbons (Fsp3) is 0.400. The second-order valence-corrected chi connectivity index (χ2v) is 5.24. The van der Waals surface area contributed by atoms with Crippen LogP contribution in [0.25, 0.3) is 0 Å². The van der Waals surface area contributed by atoms with Crippen molar-refractivity contribution in [2.75, 3.05) is 0 Å². The molecule has 0 amide bonds. The van der Waals surface area contributed by atoms with E-state index >= 15 is 0 Å². The Balaban J connectivity index is 2.54. The van der Waals surface area contributed by atoms with Crippen LogP contribution in [-0.4, -0.2) is 9.78 Å². The summed E-state index contributed by atoms with van der Waals surface area (Å²) in [6, 6.07) is 4.40. The van der Waals surface area contributed by atoms with Crippen LogP contribution >= 0.6 is 0 Å². The SMILES string of the molecule is Cc1cc(C)c(C(NN)c2cn(C)nc2C)cc1C. The highest BCUT2D eigenvalue weighted by molar-refractivity contribution is 5.42. The largest absolute Gasteiger partial charge is 0.275 e. The van der Waals surface area contributed by atoms with E-state index < -0.39 is 0 Å². The Morgan fingerprint density at radius 1 is 1.05 bits per heavy atom. The molecule has 1 unspecified atom stereocenters. The number of nitrogens with one attached hydrogen (secondary N) is 1. The van der Waals surface area contributed by atoms with Crippen molar-refractivity contribution in [1.29, 1.82) is 0 Å². The Kier molecular flexibility index (Phi) is 3.73. The van der Waals surface area contributed by atoms with Gasteiger partial charge >= 0.3 is 0 Å². The molecule has 1 aromatic carbocycles. The number of nitrogens with zero attached hydrogens (tertiary/aromatic N) is 2. The van der Waals surface area contributed by atoms with E-state index in [1.807, 2.05) is 24.9 Å². The summed E-state index contributed by atoms with van der Waals surface area (Å²) in [7, 11) is 1.93. The standard InChI is InChI=1S/C15H22N4/c1-9-6-11(3)13(7-10(9)2)15(17-16)14-8-19(5)18-12(14)4/h6-8,15,17H,16H2,1-5H3. The van der Waals surface area contributed by atoms with Gasteiger partial charge in [0.2, 0.25) is 0 Å². The molecule has 2 aromatic rings. The van der Waals surface area contributed by atoms with E-state index in [0.29, 0.717) is 0 Å². The van der Waals surface area contributed by atoms with Crippen molar-refractivity contribution in [3.63, 3.8) is 0 Å². The fourth-order valence-electron chi connectivity index (χ4n) is 2.54. The zero-order valence-electron chi connectivity index (χ0n) is 12.3. The summed E-state index contributed by atoms with van der Waals surface area (Å²) in [5.74, 6) is 5.78. The Labute approximate surface area is 114 Å². The van der Waals surface area contributed by atoms with Crippen molar-refractivity contribution in [3.05, 3.63) is 51.8 Å². The van der Waals surface area contributed by atoms with Crippen molar-refractivity contribution in [1.82, 2.24) is 15.2 Å². The number of rotatable bonds is 3. The summed E-state index contributed by atoms with van der Waals surface area (Å²) in [5, 5.41) is 4.40. The van der Waals surface area contributed by atoms with Gasteiger partial charge in [0, 0.05) is 18.8 Å². The van der Waals surface area contributed by atoms with E-state index in [1.54, 1.807) is 0 Å². The number of hydrogen-bond donors (Lipinski definition) is 2. The maximum absolute atomic E-state index is 5.78. The lowest BCUT2D eigenvalue weighted by Gasteiger charge is -2.19. The number of hydrazine groups is 1. The third-order valence-electron chi connectivity index (χ3n) is 3.72. The molecule has 0 saturated heterocycles. The molecule has 2 rings (SSSR count). The van der Waals surface area contributed by atoms with Crippen LogP contribution < -0.4 is 11.3 Å². The van der Waals surface area contributed by atoms with E-state index in [9.17, 15) is 0 Å². The van der Waals surface area contributed by atoms with Gasteiger partial charge in [-0.15, -0.1) is 0 Å². The van der Waals surface area contributed by atoms with Crippen LogP contribution in [0.3, 0.4) is 0 Å². The number of hydrogen-bond acceptors (Lipinski definition) is 3. The molecular weight excluding hydrogens is 236 g/mol. The Morgan fingerprint density at radius 3 is 2.21 bits per heavy atom. The van der Waals surface area contributed by atoms with Crippen LogP contribution in [0.15, 0.2) is 18.3 Å². The molecule has 1 atom stereocenters. The van der Waals surface area contributed by atoms with Gasteiger partial charge in [0.05, 0.1) is 11.7 Å². The van der Waals surface area contributed by atoms with Gasteiger partial charge in [-0.2, -0.15) is 5.10 Å². The van der Waals surface area contributed by atoms with Crippen molar-refractivity contribution in [3.8, 4) is 0 Å². The first-order chi connectivity index (χ1) is 8.93. The summed E-state index contributed by atoms with van der Waals surface area (Å²) in [5.41, 5.74) is 10.1. The molecule has 1 aromatic heterocycles. The molecule has 0 radical (unpaired) electrons. The number of benzene rings is 1. The van der Waals surface area contributed by atoms with Crippen molar-refractivity contribution >= 4 is 0 Å². The van der Waals surface area contributed by atoms with Crippen molar-refractivity contribution in [2.24, 2.45) is 12.9 Å². The average Bonchev–Trinajstić information content (AvgIpc) is 2.66. The summed E-state index contributed by atoms with van der Waals surface area (Å²) < 4.78 is 1.82. The molecular formula is C15H22N4. The van der Waals surface area contributed by atoms with Crippen LogP contribution in [0.2, 0.25) is 0 Å². The lowest BCUT2D eigenvalue weighted by molar-refractivity contribution is 0.629. The lowest BCUT2D eigenvalue weighted by atomic mass is 9.92. The van der Waals surface area contributed by atoms with E-state index in [2.05, 4.69) is 43.4 Å². The third kappa shape index (κ3) is 2.55. The lowest BCUT2D eigenvalue weighted by Crippen LogP contribution is -2.29. The molecule has 0 aliphatic heterocycles. The first-order valence-electron chi connectivity index (χ1n) is 6.48. The minimum absolute atomic E-state index is 0.0204. The van der Waals surface area contributed by atoms with Gasteiger partial charge in [-0.25, -0.2) is 5.43 Å². The first-order valence-corrected chi connectivity index (χ1v) is 6.48. The van der Waals surface area contributed by atoms with Crippen LogP contribution in [-0.2, 0) is 7.05 Å². The normalized spacial score (nSPS) is 12.7. The fourth-order valence-corrected chi connectivity index (χ4v) is 2.54. The molecule has 4 nitrogen and oxygen atoms in total. The highest BCUT2D eigenvalue weighted by Crippen LogP contribution is 2.28. The maximum Gasteiger partial charge on any atom is 0.0746 e. The summed E-state index contributed by atoms with van der Waals surface area (Å²) >= 11 is 0. The first kappa shape index (κ1) is 13.8. The van der Waals surface area contributed by atoms with Gasteiger partial charge in [-0.3, -0.25) is 10.5 Å². The highest BCUT2D eigenvalue weighted by Gasteiger charge is 2.19. The van der Waals surface area contributed by atoms with E-state index in [0.717, 1.165) is 11.3 Å². The highest BCUT2D eigenvalue weighted by atomic mass is 15.3. The van der Waals surface area contributed by atoms with Gasteiger partial charge < -0.3 is 0 Å². The zero-order chi connectivity index (χ0) is 14.2. The average molecular weight is 258 g/mol. The molecule has 0 bridgehead atoms. The van der Waals surface area contributed by atoms with Gasteiger partial charge in [-0.05, 0) is 49.9 Å². The van der Waals surface area contributed by atoms with Crippen LogP contribution in [0.1, 0.15) is 39.6 Å². The van der Waals surface area contributed by atoms with Gasteiger partial charge in [0.25, 0.3) is 0 Å². The molecule has 19 heavy (non-hydrogen) atoms. The predicted octanol–water partition coefficient (Wildman–Crippen LogP) is 2.21. The Hall–Kier alpha value is -1.65. The topological polar surface area (TPSA) is 55.9 Å². The van der Waals surface area contributed by atoms with E-state index in [4.69, 9.17) is 5.84 Å². The van der Waals surface area contributed by atoms with Crippen LogP contribution in [0, 0.1) is 27.7 Å². The van der Waals surface area contributed by atoms with Crippen LogP contribution in [0.5, 0.6) is 0 Å². The Morgan fingerprint density at radius 2 is 1.68 bits per heavy atom. The second kappa shape index (κ2) is 5.15. The zero-order valence-corrected chi connectivity index (χ0v) is 12.3. The van der Waals surface area contributed by atoms with Gasteiger partial charge in [0.15, 0.2) is 0 Å². The Bertz CT molecular complexity index is 598. The smallest absolute Gasteiger partial charge is 0.0746 e. The minimum atomic E-state index is -0.0204. The molecule has 102 valence electrons. The number of aryl methyl sites for hydroxylation is 5. The van der Waals surface area contributed by atoms with Gasteiger partial charge in [0.1, 0.15) is 0 Å². The molecule has 3 N–H and O–H groups in total. The van der Waals surface area contributed by atoms with E-state index in [-0.39, 0.29) is 6.04 Å². The van der Waals surface area contributed by atoms with Crippen LogP contribution in [0.4, 0.5) is 0 Å². The quantitative estimate of drug-likeness (QED) is 0.655. The molecule has 0 aliphatic carbocycles. The molecule has 4 heteroatoms. The summed E-state index contributed by atoms with van der Waals surface area (Å²) in [4.78, 5) is 0. The molecule has 0 saturated carbocycles. The maximum atomic E-state index is 5.78. The van der Waals surface area contributed by atoms with E-state index in [1.165, 1.54) is 22.3 Å². The minimum Gasteiger partial charge on any atom is -0.275 e. The molecule has 1 heterocycles. The third-order valence-corrected chi connectivity index (χ3v) is 3.72. The molecule has 0 aliphatic rings. The van der Waals surface area contributed by atoms with Gasteiger partial charge in [-0.1, -0.05) is 12.1 Å². The number of aromatic nitrogens is 2. The molecule has 0 fully saturated rings. The summed E-state index contributed by atoms with van der Waals surface area (Å²) in [6.45, 7) is 8.39. The second-order valence-electron chi connectivity index (χ2n) is 5.24. The van der Waals surface area contributed by atoms with Crippen molar-refractivity contribution in [2.45, 2.75) is 33.7 Å². The van der Waals surface area contributed by atoms with Crippen molar-refractivity contribution < 1.29 is 0 Å².